The maximum absolute atomic E-state index is 12.5. The molecule has 0 bridgehead atoms. The van der Waals surface area contributed by atoms with Gasteiger partial charge in [0.1, 0.15) is 18.1 Å². The molecule has 7 nitrogen and oxygen atoms in total. The van der Waals surface area contributed by atoms with Gasteiger partial charge in [-0.05, 0) is 24.1 Å². The monoisotopic (exact) mass is 365 g/mol. The highest BCUT2D eigenvalue weighted by molar-refractivity contribution is 7.89. The molecule has 8 heteroatoms. The molecule has 0 spiro atoms. The van der Waals surface area contributed by atoms with E-state index in [-0.39, 0.29) is 23.8 Å². The van der Waals surface area contributed by atoms with Crippen molar-refractivity contribution in [3.05, 3.63) is 59.5 Å². The van der Waals surface area contributed by atoms with Crippen LogP contribution in [-0.4, -0.2) is 49.6 Å². The second-order valence-electron chi connectivity index (χ2n) is 5.69. The molecule has 0 unspecified atom stereocenters. The number of carboxylic acid groups (broad SMARTS) is 1. The second-order valence-corrected chi connectivity index (χ2v) is 7.83. The van der Waals surface area contributed by atoms with E-state index in [4.69, 9.17) is 9.52 Å². The standard InChI is InChI=1S/C17H19NO6S/c1-25(22,23)12-14-7-8-15(24-14)17(21)18(11-16(19)20)10-9-13-5-3-2-4-6-13/h2-8H,9-12H2,1H3,(H,19,20). The summed E-state index contributed by atoms with van der Waals surface area (Å²) < 4.78 is 27.8. The van der Waals surface area contributed by atoms with Crippen LogP contribution in [0.3, 0.4) is 0 Å². The Morgan fingerprint density at radius 3 is 2.40 bits per heavy atom. The van der Waals surface area contributed by atoms with Crippen molar-refractivity contribution in [3.8, 4) is 0 Å². The minimum atomic E-state index is -3.29. The Morgan fingerprint density at radius 2 is 1.80 bits per heavy atom. The van der Waals surface area contributed by atoms with E-state index >= 15 is 0 Å². The van der Waals surface area contributed by atoms with Crippen LogP contribution in [0, 0.1) is 0 Å². The molecular weight excluding hydrogens is 346 g/mol. The quantitative estimate of drug-likeness (QED) is 0.762. The van der Waals surface area contributed by atoms with E-state index < -0.39 is 28.3 Å². The highest BCUT2D eigenvalue weighted by Gasteiger charge is 2.22. The molecule has 0 saturated carbocycles. The summed E-state index contributed by atoms with van der Waals surface area (Å²) in [6.45, 7) is -0.259. The van der Waals surface area contributed by atoms with Gasteiger partial charge in [0.2, 0.25) is 0 Å². The summed E-state index contributed by atoms with van der Waals surface area (Å²) in [5.74, 6) is -1.97. The number of hydrogen-bond donors (Lipinski definition) is 1. The number of nitrogens with zero attached hydrogens (tertiary/aromatic N) is 1. The van der Waals surface area contributed by atoms with Crippen molar-refractivity contribution in [2.24, 2.45) is 0 Å². The average Bonchev–Trinajstić information content (AvgIpc) is 2.97. The minimum Gasteiger partial charge on any atom is -0.480 e. The third-order valence-electron chi connectivity index (χ3n) is 3.40. The Bertz CT molecular complexity index is 841. The van der Waals surface area contributed by atoms with Crippen molar-refractivity contribution >= 4 is 21.7 Å². The number of rotatable bonds is 8. The number of furan rings is 1. The molecule has 0 atom stereocenters. The number of amides is 1. The maximum atomic E-state index is 12.5. The summed E-state index contributed by atoms with van der Waals surface area (Å²) in [4.78, 5) is 24.7. The van der Waals surface area contributed by atoms with Crippen LogP contribution in [-0.2, 0) is 26.8 Å². The SMILES string of the molecule is CS(=O)(=O)Cc1ccc(C(=O)N(CCc2ccccc2)CC(=O)O)o1. The number of carbonyl (C=O) groups is 2. The Morgan fingerprint density at radius 1 is 1.12 bits per heavy atom. The zero-order valence-electron chi connectivity index (χ0n) is 13.7. The van der Waals surface area contributed by atoms with Gasteiger partial charge in [-0.15, -0.1) is 0 Å². The lowest BCUT2D eigenvalue weighted by atomic mass is 10.1. The number of carbonyl (C=O) groups excluding carboxylic acids is 1. The molecule has 1 aromatic heterocycles. The molecule has 1 aromatic carbocycles. The van der Waals surface area contributed by atoms with Gasteiger partial charge >= 0.3 is 5.97 Å². The lowest BCUT2D eigenvalue weighted by Crippen LogP contribution is -2.37. The van der Waals surface area contributed by atoms with Crippen molar-refractivity contribution in [1.29, 1.82) is 0 Å². The fraction of sp³-hybridized carbons (Fsp3) is 0.294. The fourth-order valence-corrected chi connectivity index (χ4v) is 2.98. The lowest BCUT2D eigenvalue weighted by molar-refractivity contribution is -0.137. The Labute approximate surface area is 145 Å². The molecule has 0 saturated heterocycles. The zero-order chi connectivity index (χ0) is 18.4. The van der Waals surface area contributed by atoms with Gasteiger partial charge in [0.05, 0.1) is 0 Å². The van der Waals surface area contributed by atoms with Crippen LogP contribution in [0.25, 0.3) is 0 Å². The van der Waals surface area contributed by atoms with Crippen molar-refractivity contribution in [2.75, 3.05) is 19.3 Å². The van der Waals surface area contributed by atoms with Crippen LogP contribution in [0.2, 0.25) is 0 Å². The van der Waals surface area contributed by atoms with Crippen LogP contribution in [0.5, 0.6) is 0 Å². The minimum absolute atomic E-state index is 0.0760. The first-order valence-electron chi connectivity index (χ1n) is 7.56. The van der Waals surface area contributed by atoms with Crippen molar-refractivity contribution in [1.82, 2.24) is 4.90 Å². The Hall–Kier alpha value is -2.61. The van der Waals surface area contributed by atoms with E-state index in [0.717, 1.165) is 11.8 Å². The predicted molar refractivity (Wildman–Crippen MR) is 90.9 cm³/mol. The molecule has 1 heterocycles. The van der Waals surface area contributed by atoms with Crippen molar-refractivity contribution in [3.63, 3.8) is 0 Å². The van der Waals surface area contributed by atoms with E-state index in [1.165, 1.54) is 17.0 Å². The summed E-state index contributed by atoms with van der Waals surface area (Å²) in [5, 5.41) is 9.03. The third kappa shape index (κ3) is 6.07. The molecule has 134 valence electrons. The number of benzene rings is 1. The van der Waals surface area contributed by atoms with Gasteiger partial charge in [0.15, 0.2) is 15.6 Å². The topological polar surface area (TPSA) is 105 Å². The lowest BCUT2D eigenvalue weighted by Gasteiger charge is -2.19. The molecule has 2 rings (SSSR count). The van der Waals surface area contributed by atoms with E-state index in [9.17, 15) is 18.0 Å². The largest absolute Gasteiger partial charge is 0.480 e. The van der Waals surface area contributed by atoms with Crippen molar-refractivity contribution < 1.29 is 27.5 Å². The first-order valence-corrected chi connectivity index (χ1v) is 9.62. The van der Waals surface area contributed by atoms with Crippen LogP contribution in [0.4, 0.5) is 0 Å². The normalized spacial score (nSPS) is 11.2. The molecule has 25 heavy (non-hydrogen) atoms. The second kappa shape index (κ2) is 7.98. The summed E-state index contributed by atoms with van der Waals surface area (Å²) in [6, 6.07) is 12.1. The zero-order valence-corrected chi connectivity index (χ0v) is 14.5. The van der Waals surface area contributed by atoms with Crippen LogP contribution in [0.15, 0.2) is 46.9 Å². The van der Waals surface area contributed by atoms with Gasteiger partial charge in [0, 0.05) is 12.8 Å². The first kappa shape index (κ1) is 18.7. The Balaban J connectivity index is 2.11. The molecule has 0 fully saturated rings. The first-order chi connectivity index (χ1) is 11.7. The van der Waals surface area contributed by atoms with Gasteiger partial charge in [-0.2, -0.15) is 0 Å². The van der Waals surface area contributed by atoms with Crippen LogP contribution >= 0.6 is 0 Å². The fourth-order valence-electron chi connectivity index (χ4n) is 2.31. The van der Waals surface area contributed by atoms with Gasteiger partial charge in [0.25, 0.3) is 5.91 Å². The summed E-state index contributed by atoms with van der Waals surface area (Å²) in [7, 11) is -3.29. The molecular formula is C17H19NO6S. The summed E-state index contributed by atoms with van der Waals surface area (Å²) >= 11 is 0. The molecule has 0 aliphatic heterocycles. The summed E-state index contributed by atoms with van der Waals surface area (Å²) in [6.07, 6.45) is 1.56. The smallest absolute Gasteiger partial charge is 0.323 e. The molecule has 2 aromatic rings. The highest BCUT2D eigenvalue weighted by atomic mass is 32.2. The van der Waals surface area contributed by atoms with E-state index in [0.29, 0.717) is 6.42 Å². The van der Waals surface area contributed by atoms with Gasteiger partial charge in [-0.25, -0.2) is 8.42 Å². The molecule has 0 aliphatic carbocycles. The van der Waals surface area contributed by atoms with Crippen molar-refractivity contribution in [2.45, 2.75) is 12.2 Å². The number of sulfone groups is 1. The maximum Gasteiger partial charge on any atom is 0.323 e. The van der Waals surface area contributed by atoms with Gasteiger partial charge in [-0.3, -0.25) is 9.59 Å². The predicted octanol–water partition coefficient (Wildman–Crippen LogP) is 1.59. The number of aliphatic carboxylic acids is 1. The summed E-state index contributed by atoms with van der Waals surface area (Å²) in [5.41, 5.74) is 0.975. The van der Waals surface area contributed by atoms with E-state index in [1.54, 1.807) is 0 Å². The van der Waals surface area contributed by atoms with Crippen LogP contribution in [0.1, 0.15) is 21.9 Å². The number of hydrogen-bond acceptors (Lipinski definition) is 5. The van der Waals surface area contributed by atoms with Crippen LogP contribution < -0.4 is 0 Å². The average molecular weight is 365 g/mol. The molecule has 1 amide bonds. The van der Waals surface area contributed by atoms with Gasteiger partial charge in [-0.1, -0.05) is 30.3 Å². The number of carboxylic acids is 1. The van der Waals surface area contributed by atoms with E-state index in [1.807, 2.05) is 30.3 Å². The molecule has 0 aliphatic rings. The Kier molecular flexibility index (Phi) is 5.97. The van der Waals surface area contributed by atoms with E-state index in [2.05, 4.69) is 0 Å². The molecule has 1 N–H and O–H groups in total. The third-order valence-corrected chi connectivity index (χ3v) is 4.21. The highest BCUT2D eigenvalue weighted by Crippen LogP contribution is 2.14. The molecule has 0 radical (unpaired) electrons. The van der Waals surface area contributed by atoms with Gasteiger partial charge < -0.3 is 14.4 Å².